The van der Waals surface area contributed by atoms with Crippen LogP contribution < -0.4 is 5.32 Å². The van der Waals surface area contributed by atoms with Crippen LogP contribution in [0.5, 0.6) is 0 Å². The van der Waals surface area contributed by atoms with Crippen LogP contribution in [0.15, 0.2) is 42.5 Å². The molecule has 3 heteroatoms. The van der Waals surface area contributed by atoms with Gasteiger partial charge in [-0.1, -0.05) is 41.5 Å². The van der Waals surface area contributed by atoms with Gasteiger partial charge in [-0.25, -0.2) is 4.79 Å². The van der Waals surface area contributed by atoms with E-state index in [1.807, 2.05) is 18.2 Å². The minimum atomic E-state index is -0.325. The number of benzene rings is 2. The Balaban J connectivity index is 2.16. The molecule has 0 saturated carbocycles. The number of carbonyl (C=O) groups excluding carboxylic acids is 1. The highest BCUT2D eigenvalue weighted by molar-refractivity contribution is 5.95. The number of ether oxygens (including phenoxy) is 1. The van der Waals surface area contributed by atoms with E-state index in [4.69, 9.17) is 4.74 Å². The number of anilines is 1. The van der Waals surface area contributed by atoms with Crippen molar-refractivity contribution < 1.29 is 9.53 Å². The summed E-state index contributed by atoms with van der Waals surface area (Å²) >= 11 is 0. The Labute approximate surface area is 119 Å². The summed E-state index contributed by atoms with van der Waals surface area (Å²) < 4.78 is 4.79. The van der Waals surface area contributed by atoms with Gasteiger partial charge in [-0.15, -0.1) is 0 Å². The summed E-state index contributed by atoms with van der Waals surface area (Å²) in [5.74, 6) is -0.325. The first-order valence-corrected chi connectivity index (χ1v) is 6.58. The van der Waals surface area contributed by atoms with Crippen molar-refractivity contribution in [3.63, 3.8) is 0 Å². The average molecular weight is 269 g/mol. The second kappa shape index (κ2) is 6.24. The van der Waals surface area contributed by atoms with Crippen LogP contribution >= 0.6 is 0 Å². The molecule has 3 nitrogen and oxygen atoms in total. The molecule has 0 aromatic heterocycles. The molecule has 2 aromatic carbocycles. The quantitative estimate of drug-likeness (QED) is 0.860. The summed E-state index contributed by atoms with van der Waals surface area (Å²) in [6.45, 7) is 4.84. The molecular formula is C17H19NO2. The molecule has 1 N–H and O–H groups in total. The molecule has 0 unspecified atom stereocenters. The number of esters is 1. The first kappa shape index (κ1) is 14.1. The number of hydrogen-bond acceptors (Lipinski definition) is 3. The van der Waals surface area contributed by atoms with E-state index >= 15 is 0 Å². The summed E-state index contributed by atoms with van der Waals surface area (Å²) in [5.41, 5.74) is 5.02. The third-order valence-corrected chi connectivity index (χ3v) is 3.10. The normalized spacial score (nSPS) is 10.2. The van der Waals surface area contributed by atoms with E-state index in [1.54, 1.807) is 6.07 Å². The van der Waals surface area contributed by atoms with Crippen molar-refractivity contribution in [1.29, 1.82) is 0 Å². The van der Waals surface area contributed by atoms with Gasteiger partial charge in [0.15, 0.2) is 0 Å². The fourth-order valence-corrected chi connectivity index (χ4v) is 2.29. The van der Waals surface area contributed by atoms with Gasteiger partial charge in [-0.2, -0.15) is 0 Å². The van der Waals surface area contributed by atoms with Crippen LogP contribution in [-0.4, -0.2) is 13.1 Å². The molecule has 0 atom stereocenters. The average Bonchev–Trinajstić information content (AvgIpc) is 2.43. The molecule has 0 heterocycles. The fraction of sp³-hybridized carbons (Fsp3) is 0.235. The highest BCUT2D eigenvalue weighted by atomic mass is 16.5. The maximum Gasteiger partial charge on any atom is 0.339 e. The predicted molar refractivity (Wildman–Crippen MR) is 81.0 cm³/mol. The molecule has 0 aliphatic rings. The van der Waals surface area contributed by atoms with E-state index in [0.29, 0.717) is 12.1 Å². The molecule has 0 fully saturated rings. The lowest BCUT2D eigenvalue weighted by atomic mass is 10.1. The van der Waals surface area contributed by atoms with Crippen LogP contribution in [0.25, 0.3) is 0 Å². The highest BCUT2D eigenvalue weighted by Crippen LogP contribution is 2.18. The molecule has 2 rings (SSSR count). The monoisotopic (exact) mass is 269 g/mol. The molecule has 0 saturated heterocycles. The third-order valence-electron chi connectivity index (χ3n) is 3.10. The molecule has 0 bridgehead atoms. The lowest BCUT2D eigenvalue weighted by molar-refractivity contribution is 0.0602. The Hall–Kier alpha value is -2.29. The molecular weight excluding hydrogens is 250 g/mol. The second-order valence-electron chi connectivity index (χ2n) is 4.89. The number of rotatable bonds is 4. The van der Waals surface area contributed by atoms with Crippen molar-refractivity contribution in [2.45, 2.75) is 20.4 Å². The van der Waals surface area contributed by atoms with Crippen LogP contribution in [0.3, 0.4) is 0 Å². The SMILES string of the molecule is COC(=O)c1ccccc1NCc1cc(C)cc(C)c1. The summed E-state index contributed by atoms with van der Waals surface area (Å²) in [5, 5.41) is 3.30. The maximum absolute atomic E-state index is 11.7. The molecule has 20 heavy (non-hydrogen) atoms. The number of nitrogens with one attached hydrogen (secondary N) is 1. The number of carbonyl (C=O) groups is 1. The van der Waals surface area contributed by atoms with Crippen molar-refractivity contribution in [2.75, 3.05) is 12.4 Å². The van der Waals surface area contributed by atoms with Crippen molar-refractivity contribution >= 4 is 11.7 Å². The van der Waals surface area contributed by atoms with E-state index in [2.05, 4.69) is 37.4 Å². The van der Waals surface area contributed by atoms with Gasteiger partial charge in [0.1, 0.15) is 0 Å². The van der Waals surface area contributed by atoms with E-state index < -0.39 is 0 Å². The Kier molecular flexibility index (Phi) is 4.41. The van der Waals surface area contributed by atoms with E-state index in [-0.39, 0.29) is 5.97 Å². The van der Waals surface area contributed by atoms with E-state index in [9.17, 15) is 4.79 Å². The van der Waals surface area contributed by atoms with Crippen LogP contribution in [0, 0.1) is 13.8 Å². The lowest BCUT2D eigenvalue weighted by Crippen LogP contribution is -2.08. The van der Waals surface area contributed by atoms with Crippen LogP contribution in [0.1, 0.15) is 27.0 Å². The fourth-order valence-electron chi connectivity index (χ4n) is 2.29. The summed E-state index contributed by atoms with van der Waals surface area (Å²) in [6, 6.07) is 13.8. The van der Waals surface area contributed by atoms with Gasteiger partial charge in [-0.3, -0.25) is 0 Å². The first-order valence-electron chi connectivity index (χ1n) is 6.58. The molecule has 104 valence electrons. The minimum absolute atomic E-state index is 0.325. The van der Waals surface area contributed by atoms with Gasteiger partial charge in [0.05, 0.1) is 12.7 Å². The topological polar surface area (TPSA) is 38.3 Å². The van der Waals surface area contributed by atoms with Gasteiger partial charge in [-0.05, 0) is 31.5 Å². The molecule has 0 radical (unpaired) electrons. The summed E-state index contributed by atoms with van der Waals surface area (Å²) in [6.07, 6.45) is 0. The zero-order valence-corrected chi connectivity index (χ0v) is 12.1. The smallest absolute Gasteiger partial charge is 0.339 e. The van der Waals surface area contributed by atoms with Crippen LogP contribution in [-0.2, 0) is 11.3 Å². The highest BCUT2D eigenvalue weighted by Gasteiger charge is 2.10. The zero-order chi connectivity index (χ0) is 14.5. The van der Waals surface area contributed by atoms with Crippen molar-refractivity contribution in [1.82, 2.24) is 0 Å². The molecule has 0 aliphatic heterocycles. The Bertz CT molecular complexity index is 600. The number of methoxy groups -OCH3 is 1. The lowest BCUT2D eigenvalue weighted by Gasteiger charge is -2.11. The Morgan fingerprint density at radius 1 is 1.10 bits per heavy atom. The molecule has 2 aromatic rings. The summed E-state index contributed by atoms with van der Waals surface area (Å²) in [4.78, 5) is 11.7. The first-order chi connectivity index (χ1) is 9.60. The number of para-hydroxylation sites is 1. The van der Waals surface area contributed by atoms with E-state index in [1.165, 1.54) is 23.8 Å². The van der Waals surface area contributed by atoms with Gasteiger partial charge >= 0.3 is 5.97 Å². The largest absolute Gasteiger partial charge is 0.465 e. The number of aryl methyl sites for hydroxylation is 2. The Morgan fingerprint density at radius 2 is 1.75 bits per heavy atom. The van der Waals surface area contributed by atoms with Crippen molar-refractivity contribution in [2.24, 2.45) is 0 Å². The second-order valence-corrected chi connectivity index (χ2v) is 4.89. The van der Waals surface area contributed by atoms with Gasteiger partial charge in [0.2, 0.25) is 0 Å². The third kappa shape index (κ3) is 3.38. The zero-order valence-electron chi connectivity index (χ0n) is 12.1. The van der Waals surface area contributed by atoms with Crippen LogP contribution in [0.2, 0.25) is 0 Å². The van der Waals surface area contributed by atoms with Crippen molar-refractivity contribution in [3.05, 3.63) is 64.7 Å². The minimum Gasteiger partial charge on any atom is -0.465 e. The van der Waals surface area contributed by atoms with Gasteiger partial charge in [0.25, 0.3) is 0 Å². The van der Waals surface area contributed by atoms with Crippen LogP contribution in [0.4, 0.5) is 5.69 Å². The molecule has 0 aliphatic carbocycles. The summed E-state index contributed by atoms with van der Waals surface area (Å²) in [7, 11) is 1.39. The molecule has 0 spiro atoms. The van der Waals surface area contributed by atoms with Crippen molar-refractivity contribution in [3.8, 4) is 0 Å². The number of hydrogen-bond donors (Lipinski definition) is 1. The van der Waals surface area contributed by atoms with Gasteiger partial charge < -0.3 is 10.1 Å². The van der Waals surface area contributed by atoms with E-state index in [0.717, 1.165) is 5.69 Å². The molecule has 0 amide bonds. The van der Waals surface area contributed by atoms with Gasteiger partial charge in [0, 0.05) is 12.2 Å². The Morgan fingerprint density at radius 3 is 2.40 bits per heavy atom. The predicted octanol–water partition coefficient (Wildman–Crippen LogP) is 3.70. The standard InChI is InChI=1S/C17H19NO2/c1-12-8-13(2)10-14(9-12)11-18-16-7-5-4-6-15(16)17(19)20-3/h4-10,18H,11H2,1-3H3. The maximum atomic E-state index is 11.7.